The first-order valence-electron chi connectivity index (χ1n) is 6.15. The molecule has 0 saturated heterocycles. The minimum atomic E-state index is -3.38. The molecule has 0 amide bonds. The van der Waals surface area contributed by atoms with Gasteiger partial charge in [0.1, 0.15) is 0 Å². The summed E-state index contributed by atoms with van der Waals surface area (Å²) in [5.74, 6) is 0. The van der Waals surface area contributed by atoms with Crippen molar-refractivity contribution in [2.45, 2.75) is 50.5 Å². The summed E-state index contributed by atoms with van der Waals surface area (Å²) < 4.78 is 25.8. The molecule has 0 unspecified atom stereocenters. The predicted octanol–water partition coefficient (Wildman–Crippen LogP) is 2.05. The van der Waals surface area contributed by atoms with Crippen LogP contribution in [0.25, 0.3) is 0 Å². The predicted molar refractivity (Wildman–Crippen MR) is 67.2 cm³/mol. The Hall–Kier alpha value is -0.880. The molecule has 0 aromatic carbocycles. The van der Waals surface area contributed by atoms with Crippen molar-refractivity contribution in [3.05, 3.63) is 12.5 Å². The third kappa shape index (κ3) is 5.32. The maximum Gasteiger partial charge on any atom is 0.257 e. The van der Waals surface area contributed by atoms with Crippen LogP contribution in [0, 0.1) is 0 Å². The second kappa shape index (κ2) is 7.45. The fourth-order valence-corrected chi connectivity index (χ4v) is 2.56. The van der Waals surface area contributed by atoms with E-state index in [1.54, 1.807) is 0 Å². The van der Waals surface area contributed by atoms with E-state index in [1.165, 1.54) is 38.2 Å². The number of hydrogen-bond acceptors (Lipinski definition) is 3. The van der Waals surface area contributed by atoms with Crippen molar-refractivity contribution in [2.24, 2.45) is 0 Å². The van der Waals surface area contributed by atoms with Crippen LogP contribution in [0.4, 0.5) is 0 Å². The quantitative estimate of drug-likeness (QED) is 0.666. The third-order valence-corrected chi connectivity index (χ3v) is 3.97. The molecule has 1 aromatic rings. The van der Waals surface area contributed by atoms with Crippen molar-refractivity contribution in [1.29, 1.82) is 0 Å². The van der Waals surface area contributed by atoms with Gasteiger partial charge < -0.3 is 4.98 Å². The van der Waals surface area contributed by atoms with E-state index in [1.807, 2.05) is 0 Å². The molecule has 1 heterocycles. The van der Waals surface area contributed by atoms with Crippen LogP contribution in [0.1, 0.15) is 45.4 Å². The molecule has 1 aromatic heterocycles. The zero-order valence-electron chi connectivity index (χ0n) is 10.3. The minimum absolute atomic E-state index is 0.128. The van der Waals surface area contributed by atoms with Crippen LogP contribution in [-0.2, 0) is 10.0 Å². The number of unbranched alkanes of at least 4 members (excludes halogenated alkanes) is 5. The zero-order valence-corrected chi connectivity index (χ0v) is 11.1. The van der Waals surface area contributed by atoms with Gasteiger partial charge >= 0.3 is 0 Å². The van der Waals surface area contributed by atoms with Gasteiger partial charge in [-0.15, -0.1) is 0 Å². The van der Waals surface area contributed by atoms with Crippen molar-refractivity contribution in [3.8, 4) is 0 Å². The molecule has 5 nitrogen and oxygen atoms in total. The highest BCUT2D eigenvalue weighted by Crippen LogP contribution is 2.05. The Morgan fingerprint density at radius 3 is 2.59 bits per heavy atom. The number of imidazole rings is 1. The van der Waals surface area contributed by atoms with Gasteiger partial charge in [0.15, 0.2) is 5.03 Å². The van der Waals surface area contributed by atoms with E-state index < -0.39 is 10.0 Å². The van der Waals surface area contributed by atoms with Crippen LogP contribution in [0.3, 0.4) is 0 Å². The Morgan fingerprint density at radius 1 is 1.24 bits per heavy atom. The molecule has 0 saturated carbocycles. The van der Waals surface area contributed by atoms with Gasteiger partial charge in [-0.3, -0.25) is 0 Å². The molecule has 0 aliphatic carbocycles. The van der Waals surface area contributed by atoms with E-state index in [4.69, 9.17) is 0 Å². The number of nitrogens with zero attached hydrogens (tertiary/aromatic N) is 1. The summed E-state index contributed by atoms with van der Waals surface area (Å²) in [7, 11) is -3.38. The first kappa shape index (κ1) is 14.2. The van der Waals surface area contributed by atoms with Crippen molar-refractivity contribution in [1.82, 2.24) is 14.7 Å². The number of sulfonamides is 1. The lowest BCUT2D eigenvalue weighted by atomic mass is 10.1. The third-order valence-electron chi connectivity index (χ3n) is 2.59. The first-order valence-corrected chi connectivity index (χ1v) is 7.63. The summed E-state index contributed by atoms with van der Waals surface area (Å²) in [6.45, 7) is 2.67. The first-order chi connectivity index (χ1) is 8.17. The van der Waals surface area contributed by atoms with Gasteiger partial charge in [0.05, 0.1) is 12.5 Å². The molecule has 1 rings (SSSR count). The Labute approximate surface area is 103 Å². The number of H-pyrrole nitrogens is 1. The second-order valence-electron chi connectivity index (χ2n) is 4.08. The lowest BCUT2D eigenvalue weighted by Crippen LogP contribution is -2.25. The van der Waals surface area contributed by atoms with Crippen LogP contribution < -0.4 is 4.72 Å². The number of aromatic nitrogens is 2. The molecule has 98 valence electrons. The SMILES string of the molecule is CCCCCCCCNS(=O)(=O)c1cnc[nH]1. The molecule has 0 aliphatic heterocycles. The fourth-order valence-electron chi connectivity index (χ4n) is 1.58. The lowest BCUT2D eigenvalue weighted by molar-refractivity contribution is 0.565. The highest BCUT2D eigenvalue weighted by Gasteiger charge is 2.13. The summed E-state index contributed by atoms with van der Waals surface area (Å²) in [4.78, 5) is 6.28. The van der Waals surface area contributed by atoms with Gasteiger partial charge in [0.2, 0.25) is 0 Å². The average molecular weight is 259 g/mol. The Balaban J connectivity index is 2.14. The van der Waals surface area contributed by atoms with E-state index >= 15 is 0 Å². The van der Waals surface area contributed by atoms with Crippen molar-refractivity contribution in [3.63, 3.8) is 0 Å². The molecule has 0 spiro atoms. The van der Waals surface area contributed by atoms with Crippen molar-refractivity contribution < 1.29 is 8.42 Å². The van der Waals surface area contributed by atoms with E-state index in [0.717, 1.165) is 12.8 Å². The van der Waals surface area contributed by atoms with Crippen LogP contribution in [0.5, 0.6) is 0 Å². The van der Waals surface area contributed by atoms with Crippen molar-refractivity contribution >= 4 is 10.0 Å². The lowest BCUT2D eigenvalue weighted by Gasteiger charge is -2.04. The molecule has 2 N–H and O–H groups in total. The van der Waals surface area contributed by atoms with Gasteiger partial charge in [-0.25, -0.2) is 18.1 Å². The average Bonchev–Trinajstić information content (AvgIpc) is 2.82. The number of nitrogens with one attached hydrogen (secondary N) is 2. The molecule has 0 bridgehead atoms. The Bertz CT molecular complexity index is 387. The fraction of sp³-hybridized carbons (Fsp3) is 0.727. The van der Waals surface area contributed by atoms with Crippen LogP contribution in [0.2, 0.25) is 0 Å². The standard InChI is InChI=1S/C11H21N3O2S/c1-2-3-4-5-6-7-8-14-17(15,16)11-9-12-10-13-11/h9-10,14H,2-8H2,1H3,(H,12,13). The monoisotopic (exact) mass is 259 g/mol. The van der Waals surface area contributed by atoms with Crippen LogP contribution in [-0.4, -0.2) is 24.9 Å². The molecular weight excluding hydrogens is 238 g/mol. The molecule has 17 heavy (non-hydrogen) atoms. The van der Waals surface area contributed by atoms with Crippen LogP contribution >= 0.6 is 0 Å². The summed E-state index contributed by atoms with van der Waals surface area (Å²) in [6.07, 6.45) is 9.54. The van der Waals surface area contributed by atoms with E-state index in [2.05, 4.69) is 21.6 Å². The molecule has 6 heteroatoms. The Kier molecular flexibility index (Phi) is 6.21. The molecule has 0 atom stereocenters. The Morgan fingerprint density at radius 2 is 1.94 bits per heavy atom. The van der Waals surface area contributed by atoms with Gasteiger partial charge in [0, 0.05) is 6.54 Å². The summed E-state index contributed by atoms with van der Waals surface area (Å²) in [6, 6.07) is 0. The number of hydrogen-bond donors (Lipinski definition) is 2. The van der Waals surface area contributed by atoms with E-state index in [9.17, 15) is 8.42 Å². The van der Waals surface area contributed by atoms with Gasteiger partial charge in [-0.2, -0.15) is 0 Å². The molecule has 0 radical (unpaired) electrons. The molecule has 0 fully saturated rings. The zero-order chi connectivity index (χ0) is 12.6. The largest absolute Gasteiger partial charge is 0.335 e. The molecule has 0 aliphatic rings. The smallest absolute Gasteiger partial charge is 0.257 e. The van der Waals surface area contributed by atoms with Gasteiger partial charge in [-0.05, 0) is 6.42 Å². The number of aromatic amines is 1. The van der Waals surface area contributed by atoms with E-state index in [0.29, 0.717) is 6.54 Å². The van der Waals surface area contributed by atoms with E-state index in [-0.39, 0.29) is 5.03 Å². The summed E-state index contributed by atoms with van der Waals surface area (Å²) in [5, 5.41) is 0.128. The summed E-state index contributed by atoms with van der Waals surface area (Å²) >= 11 is 0. The topological polar surface area (TPSA) is 74.8 Å². The normalized spacial score (nSPS) is 11.8. The summed E-state index contributed by atoms with van der Waals surface area (Å²) in [5.41, 5.74) is 0. The minimum Gasteiger partial charge on any atom is -0.335 e. The second-order valence-corrected chi connectivity index (χ2v) is 5.82. The molecular formula is C11H21N3O2S. The van der Waals surface area contributed by atoms with Gasteiger partial charge in [-0.1, -0.05) is 39.0 Å². The highest BCUT2D eigenvalue weighted by molar-refractivity contribution is 7.89. The highest BCUT2D eigenvalue weighted by atomic mass is 32.2. The van der Waals surface area contributed by atoms with Crippen LogP contribution in [0.15, 0.2) is 17.6 Å². The maximum absolute atomic E-state index is 11.6. The van der Waals surface area contributed by atoms with Gasteiger partial charge in [0.25, 0.3) is 10.0 Å². The maximum atomic E-state index is 11.6. The van der Waals surface area contributed by atoms with Crippen molar-refractivity contribution in [2.75, 3.05) is 6.54 Å². The number of rotatable bonds is 9.